The smallest absolute Gasteiger partial charge is 0.339 e. The Labute approximate surface area is 114 Å². The number of nitrogens with zero attached hydrogens (tertiary/aromatic N) is 1. The van der Waals surface area contributed by atoms with Crippen LogP contribution < -0.4 is 4.90 Å². The minimum atomic E-state index is -1.66. The molecule has 20 heavy (non-hydrogen) atoms. The highest BCUT2D eigenvalue weighted by molar-refractivity contribution is 5.79. The standard InChI is InChI=1S/C13H15F2NO4/c1-19-13(18)12(17)8-6-9(14)10(15)7-11(8)16-2-4-20-5-3-16/h6-7,12,17H,2-5H2,1H3. The van der Waals surface area contributed by atoms with E-state index in [0.29, 0.717) is 26.3 Å². The lowest BCUT2D eigenvalue weighted by Crippen LogP contribution is -2.37. The Morgan fingerprint density at radius 2 is 1.95 bits per heavy atom. The van der Waals surface area contributed by atoms with E-state index < -0.39 is 23.7 Å². The molecule has 1 fully saturated rings. The molecule has 0 bridgehead atoms. The van der Waals surface area contributed by atoms with Crippen molar-refractivity contribution in [2.24, 2.45) is 0 Å². The van der Waals surface area contributed by atoms with Crippen molar-refractivity contribution >= 4 is 11.7 Å². The average Bonchev–Trinajstić information content (AvgIpc) is 2.49. The Morgan fingerprint density at radius 3 is 2.55 bits per heavy atom. The number of hydrogen-bond acceptors (Lipinski definition) is 5. The normalized spacial score (nSPS) is 16.9. The van der Waals surface area contributed by atoms with Crippen LogP contribution in [0.3, 0.4) is 0 Å². The van der Waals surface area contributed by atoms with Crippen LogP contribution >= 0.6 is 0 Å². The Kier molecular flexibility index (Phi) is 4.51. The summed E-state index contributed by atoms with van der Waals surface area (Å²) in [4.78, 5) is 13.1. The third-order valence-corrected chi connectivity index (χ3v) is 3.14. The molecule has 1 aliphatic rings. The predicted molar refractivity (Wildman–Crippen MR) is 66.4 cm³/mol. The van der Waals surface area contributed by atoms with E-state index in [2.05, 4.69) is 4.74 Å². The van der Waals surface area contributed by atoms with Crippen LogP contribution in [0.4, 0.5) is 14.5 Å². The maximum Gasteiger partial charge on any atom is 0.339 e. The lowest BCUT2D eigenvalue weighted by Gasteiger charge is -2.31. The number of aliphatic hydroxyl groups is 1. The first kappa shape index (κ1) is 14.7. The fourth-order valence-corrected chi connectivity index (χ4v) is 2.09. The van der Waals surface area contributed by atoms with Gasteiger partial charge < -0.3 is 19.5 Å². The number of morpholine rings is 1. The second kappa shape index (κ2) is 6.15. The van der Waals surface area contributed by atoms with Crippen LogP contribution in [0, 0.1) is 11.6 Å². The van der Waals surface area contributed by atoms with Crippen LogP contribution in [0.2, 0.25) is 0 Å². The van der Waals surface area contributed by atoms with Crippen LogP contribution in [0.1, 0.15) is 11.7 Å². The van der Waals surface area contributed by atoms with Crippen molar-refractivity contribution in [1.82, 2.24) is 0 Å². The van der Waals surface area contributed by atoms with Gasteiger partial charge in [0.1, 0.15) is 0 Å². The number of methoxy groups -OCH3 is 1. The molecular formula is C13H15F2NO4. The molecule has 0 amide bonds. The van der Waals surface area contributed by atoms with Gasteiger partial charge in [0.05, 0.1) is 20.3 Å². The van der Waals surface area contributed by atoms with Gasteiger partial charge in [0.15, 0.2) is 17.7 Å². The number of rotatable bonds is 3. The van der Waals surface area contributed by atoms with Crippen LogP contribution in [0.5, 0.6) is 0 Å². The van der Waals surface area contributed by atoms with Gasteiger partial charge in [0, 0.05) is 30.4 Å². The molecule has 0 saturated carbocycles. The van der Waals surface area contributed by atoms with E-state index in [1.807, 2.05) is 0 Å². The van der Waals surface area contributed by atoms with E-state index in [1.54, 1.807) is 4.90 Å². The molecule has 0 aromatic heterocycles. The van der Waals surface area contributed by atoms with Crippen molar-refractivity contribution in [2.45, 2.75) is 6.10 Å². The first-order chi connectivity index (χ1) is 9.54. The highest BCUT2D eigenvalue weighted by Gasteiger charge is 2.26. The summed E-state index contributed by atoms with van der Waals surface area (Å²) in [5.41, 5.74) is 0.253. The number of ether oxygens (including phenoxy) is 2. The molecule has 0 aliphatic carbocycles. The zero-order valence-corrected chi connectivity index (χ0v) is 10.9. The van der Waals surface area contributed by atoms with Crippen molar-refractivity contribution in [1.29, 1.82) is 0 Å². The number of carbonyl (C=O) groups is 1. The minimum Gasteiger partial charge on any atom is -0.467 e. The second-order valence-corrected chi connectivity index (χ2v) is 4.35. The number of carbonyl (C=O) groups excluding carboxylic acids is 1. The first-order valence-electron chi connectivity index (χ1n) is 6.12. The van der Waals surface area contributed by atoms with Gasteiger partial charge in [0.2, 0.25) is 0 Å². The Bertz CT molecular complexity index is 503. The summed E-state index contributed by atoms with van der Waals surface area (Å²) in [5.74, 6) is -3.09. The molecule has 5 nitrogen and oxygen atoms in total. The van der Waals surface area contributed by atoms with E-state index in [4.69, 9.17) is 4.74 Å². The van der Waals surface area contributed by atoms with Gasteiger partial charge in [-0.1, -0.05) is 0 Å². The van der Waals surface area contributed by atoms with Gasteiger partial charge in [-0.2, -0.15) is 0 Å². The van der Waals surface area contributed by atoms with Crippen LogP contribution in [0.25, 0.3) is 0 Å². The fourth-order valence-electron chi connectivity index (χ4n) is 2.09. The third-order valence-electron chi connectivity index (χ3n) is 3.14. The highest BCUT2D eigenvalue weighted by atomic mass is 19.2. The highest BCUT2D eigenvalue weighted by Crippen LogP contribution is 2.30. The van der Waals surface area contributed by atoms with Crippen LogP contribution in [-0.4, -0.2) is 44.5 Å². The molecule has 1 aromatic rings. The summed E-state index contributed by atoms with van der Waals surface area (Å²) in [6, 6.07) is 1.80. The lowest BCUT2D eigenvalue weighted by molar-refractivity contribution is -0.150. The van der Waals surface area contributed by atoms with E-state index in [9.17, 15) is 18.7 Å². The van der Waals surface area contributed by atoms with Crippen molar-refractivity contribution in [3.05, 3.63) is 29.3 Å². The van der Waals surface area contributed by atoms with Crippen molar-refractivity contribution in [3.63, 3.8) is 0 Å². The molecule has 1 N–H and O–H groups in total. The van der Waals surface area contributed by atoms with Crippen molar-refractivity contribution in [3.8, 4) is 0 Å². The first-order valence-corrected chi connectivity index (χ1v) is 6.12. The average molecular weight is 287 g/mol. The summed E-state index contributed by atoms with van der Waals surface area (Å²) >= 11 is 0. The van der Waals surface area contributed by atoms with E-state index >= 15 is 0 Å². The summed E-state index contributed by atoms with van der Waals surface area (Å²) < 4.78 is 36.4. The summed E-state index contributed by atoms with van der Waals surface area (Å²) in [7, 11) is 1.11. The fraction of sp³-hybridized carbons (Fsp3) is 0.462. The second-order valence-electron chi connectivity index (χ2n) is 4.35. The molecule has 1 atom stereocenters. The molecule has 0 spiro atoms. The van der Waals surface area contributed by atoms with E-state index in [1.165, 1.54) is 0 Å². The Hall–Kier alpha value is -1.73. The molecule has 110 valence electrons. The number of esters is 1. The van der Waals surface area contributed by atoms with Crippen molar-refractivity contribution < 1.29 is 28.2 Å². The maximum atomic E-state index is 13.4. The number of benzene rings is 1. The van der Waals surface area contributed by atoms with E-state index in [0.717, 1.165) is 19.2 Å². The van der Waals surface area contributed by atoms with Crippen LogP contribution in [0.15, 0.2) is 12.1 Å². The van der Waals surface area contributed by atoms with Gasteiger partial charge in [-0.05, 0) is 6.07 Å². The monoisotopic (exact) mass is 287 g/mol. The van der Waals surface area contributed by atoms with Gasteiger partial charge in [-0.15, -0.1) is 0 Å². The topological polar surface area (TPSA) is 59.0 Å². The molecule has 1 aromatic carbocycles. The molecule has 0 radical (unpaired) electrons. The predicted octanol–water partition coefficient (Wildman–Crippen LogP) is 1.01. The quantitative estimate of drug-likeness (QED) is 0.841. The van der Waals surface area contributed by atoms with Gasteiger partial charge in [-0.25, -0.2) is 13.6 Å². The van der Waals surface area contributed by atoms with E-state index in [-0.39, 0.29) is 11.3 Å². The zero-order valence-electron chi connectivity index (χ0n) is 10.9. The lowest BCUT2D eigenvalue weighted by atomic mass is 10.0. The molecule has 1 heterocycles. The van der Waals surface area contributed by atoms with Crippen LogP contribution in [-0.2, 0) is 14.3 Å². The SMILES string of the molecule is COC(=O)C(O)c1cc(F)c(F)cc1N1CCOCC1. The number of anilines is 1. The zero-order chi connectivity index (χ0) is 14.7. The van der Waals surface area contributed by atoms with Gasteiger partial charge in [-0.3, -0.25) is 0 Å². The Morgan fingerprint density at radius 1 is 1.35 bits per heavy atom. The number of aliphatic hydroxyl groups excluding tert-OH is 1. The summed E-state index contributed by atoms with van der Waals surface area (Å²) in [6.07, 6.45) is -1.66. The minimum absolute atomic E-state index is 0.0161. The molecule has 2 rings (SSSR count). The molecule has 1 saturated heterocycles. The Balaban J connectivity index is 2.42. The number of halogens is 2. The molecular weight excluding hydrogens is 272 g/mol. The van der Waals surface area contributed by atoms with Gasteiger partial charge >= 0.3 is 5.97 Å². The molecule has 7 heteroatoms. The molecule has 1 unspecified atom stereocenters. The molecule has 1 aliphatic heterocycles. The summed E-state index contributed by atoms with van der Waals surface area (Å²) in [6.45, 7) is 1.80. The summed E-state index contributed by atoms with van der Waals surface area (Å²) in [5, 5.41) is 9.89. The largest absolute Gasteiger partial charge is 0.467 e. The third kappa shape index (κ3) is 2.88. The maximum absolute atomic E-state index is 13.4. The van der Waals surface area contributed by atoms with Gasteiger partial charge in [0.25, 0.3) is 0 Å². The van der Waals surface area contributed by atoms with Crippen molar-refractivity contribution in [2.75, 3.05) is 38.3 Å². The number of hydrogen-bond donors (Lipinski definition) is 1.